The van der Waals surface area contributed by atoms with Crippen molar-refractivity contribution in [1.29, 1.82) is 0 Å². The first-order valence-electron chi connectivity index (χ1n) is 4.73. The van der Waals surface area contributed by atoms with Crippen LogP contribution >= 0.6 is 11.5 Å². The smallest absolute Gasteiger partial charge is 0.119 e. The minimum atomic E-state index is 0.538. The van der Waals surface area contributed by atoms with Crippen molar-refractivity contribution in [3.63, 3.8) is 0 Å². The molecule has 3 nitrogen and oxygen atoms in total. The SMILES string of the molecule is NCCOc1ccc(-c2cnsc2)cc1. The van der Waals surface area contributed by atoms with Crippen molar-refractivity contribution in [2.75, 3.05) is 13.2 Å². The van der Waals surface area contributed by atoms with Gasteiger partial charge >= 0.3 is 0 Å². The van der Waals surface area contributed by atoms with Gasteiger partial charge in [0.15, 0.2) is 0 Å². The molecule has 0 spiro atoms. The van der Waals surface area contributed by atoms with Crippen molar-refractivity contribution in [2.45, 2.75) is 0 Å². The van der Waals surface area contributed by atoms with E-state index in [1.807, 2.05) is 35.8 Å². The molecule has 1 aromatic heterocycles. The van der Waals surface area contributed by atoms with E-state index in [2.05, 4.69) is 4.37 Å². The minimum Gasteiger partial charge on any atom is -0.492 e. The fourth-order valence-corrected chi connectivity index (χ4v) is 1.81. The van der Waals surface area contributed by atoms with Crippen molar-refractivity contribution < 1.29 is 4.74 Å². The van der Waals surface area contributed by atoms with E-state index in [-0.39, 0.29) is 0 Å². The van der Waals surface area contributed by atoms with Gasteiger partial charge in [0.2, 0.25) is 0 Å². The molecule has 1 aromatic carbocycles. The molecule has 78 valence electrons. The summed E-state index contributed by atoms with van der Waals surface area (Å²) >= 11 is 1.45. The Morgan fingerprint density at radius 1 is 1.20 bits per heavy atom. The number of rotatable bonds is 4. The zero-order valence-corrected chi connectivity index (χ0v) is 9.04. The van der Waals surface area contributed by atoms with Gasteiger partial charge in [0, 0.05) is 23.7 Å². The van der Waals surface area contributed by atoms with E-state index in [0.29, 0.717) is 13.2 Å². The van der Waals surface area contributed by atoms with Crippen molar-refractivity contribution in [3.05, 3.63) is 35.8 Å². The Morgan fingerprint density at radius 2 is 2.00 bits per heavy atom. The Morgan fingerprint density at radius 3 is 2.60 bits per heavy atom. The molecule has 0 unspecified atom stereocenters. The van der Waals surface area contributed by atoms with Crippen LogP contribution in [0.2, 0.25) is 0 Å². The molecule has 0 saturated heterocycles. The Labute approximate surface area is 92.7 Å². The first kappa shape index (κ1) is 10.1. The summed E-state index contributed by atoms with van der Waals surface area (Å²) in [4.78, 5) is 0. The molecule has 1 heterocycles. The van der Waals surface area contributed by atoms with Gasteiger partial charge in [-0.15, -0.1) is 0 Å². The van der Waals surface area contributed by atoms with Gasteiger partial charge in [-0.25, -0.2) is 4.37 Å². The molecule has 4 heteroatoms. The van der Waals surface area contributed by atoms with Crippen LogP contribution in [-0.2, 0) is 0 Å². The Balaban J connectivity index is 2.11. The van der Waals surface area contributed by atoms with Crippen LogP contribution in [0.4, 0.5) is 0 Å². The second-order valence-electron chi connectivity index (χ2n) is 3.07. The van der Waals surface area contributed by atoms with Gasteiger partial charge in [0.25, 0.3) is 0 Å². The van der Waals surface area contributed by atoms with Crippen molar-refractivity contribution in [2.24, 2.45) is 5.73 Å². The lowest BCUT2D eigenvalue weighted by atomic mass is 10.1. The number of nitrogens with zero attached hydrogens (tertiary/aromatic N) is 1. The molecular formula is C11H12N2OS. The quantitative estimate of drug-likeness (QED) is 0.858. The third kappa shape index (κ3) is 2.55. The summed E-state index contributed by atoms with van der Waals surface area (Å²) in [5.41, 5.74) is 7.65. The predicted octanol–water partition coefficient (Wildman–Crippen LogP) is 2.15. The van der Waals surface area contributed by atoms with Crippen molar-refractivity contribution in [1.82, 2.24) is 4.37 Å². The second kappa shape index (κ2) is 4.91. The number of hydrogen-bond donors (Lipinski definition) is 1. The fourth-order valence-electron chi connectivity index (χ4n) is 1.27. The standard InChI is InChI=1S/C11H12N2OS/c12-5-6-14-11-3-1-9(2-4-11)10-7-13-15-8-10/h1-4,7-8H,5-6,12H2. The molecular weight excluding hydrogens is 208 g/mol. The highest BCUT2D eigenvalue weighted by atomic mass is 32.1. The van der Waals surface area contributed by atoms with Crippen molar-refractivity contribution >= 4 is 11.5 Å². The molecule has 0 fully saturated rings. The van der Waals surface area contributed by atoms with Crippen LogP contribution in [0.3, 0.4) is 0 Å². The fraction of sp³-hybridized carbons (Fsp3) is 0.182. The number of benzene rings is 1. The van der Waals surface area contributed by atoms with E-state index in [1.54, 1.807) is 0 Å². The molecule has 0 radical (unpaired) electrons. The van der Waals surface area contributed by atoms with Gasteiger partial charge in [0.05, 0.1) is 0 Å². The van der Waals surface area contributed by atoms with Crippen LogP contribution in [0.15, 0.2) is 35.8 Å². The molecule has 0 amide bonds. The Hall–Kier alpha value is -1.39. The molecule has 0 aliphatic carbocycles. The zero-order chi connectivity index (χ0) is 10.5. The monoisotopic (exact) mass is 220 g/mol. The molecule has 0 aliphatic rings. The highest BCUT2D eigenvalue weighted by molar-refractivity contribution is 7.03. The van der Waals surface area contributed by atoms with Gasteiger partial charge in [0.1, 0.15) is 12.4 Å². The number of aromatic nitrogens is 1. The van der Waals surface area contributed by atoms with E-state index in [9.17, 15) is 0 Å². The maximum absolute atomic E-state index is 5.39. The number of nitrogens with two attached hydrogens (primary N) is 1. The third-order valence-electron chi connectivity index (χ3n) is 2.01. The predicted molar refractivity (Wildman–Crippen MR) is 62.1 cm³/mol. The van der Waals surface area contributed by atoms with E-state index >= 15 is 0 Å². The van der Waals surface area contributed by atoms with Crippen molar-refractivity contribution in [3.8, 4) is 16.9 Å². The van der Waals surface area contributed by atoms with E-state index in [1.165, 1.54) is 11.5 Å². The third-order valence-corrected chi connectivity index (χ3v) is 2.59. The van der Waals surface area contributed by atoms with Gasteiger partial charge < -0.3 is 10.5 Å². The molecule has 2 aromatic rings. The van der Waals surface area contributed by atoms with Crippen LogP contribution in [0.1, 0.15) is 0 Å². The summed E-state index contributed by atoms with van der Waals surface area (Å²) < 4.78 is 9.45. The molecule has 0 bridgehead atoms. The summed E-state index contributed by atoms with van der Waals surface area (Å²) in [6.07, 6.45) is 1.86. The molecule has 2 rings (SSSR count). The van der Waals surface area contributed by atoms with Crippen LogP contribution in [0.25, 0.3) is 11.1 Å². The van der Waals surface area contributed by atoms with Crippen LogP contribution in [0, 0.1) is 0 Å². The molecule has 2 N–H and O–H groups in total. The molecule has 0 saturated carbocycles. The molecule has 15 heavy (non-hydrogen) atoms. The largest absolute Gasteiger partial charge is 0.492 e. The van der Waals surface area contributed by atoms with Gasteiger partial charge in [-0.05, 0) is 29.2 Å². The first-order chi connectivity index (χ1) is 7.40. The Bertz CT molecular complexity index is 397. The normalized spacial score (nSPS) is 10.2. The maximum Gasteiger partial charge on any atom is 0.119 e. The van der Waals surface area contributed by atoms with E-state index in [0.717, 1.165) is 16.9 Å². The van der Waals surface area contributed by atoms with Crippen LogP contribution < -0.4 is 10.5 Å². The summed E-state index contributed by atoms with van der Waals surface area (Å²) in [7, 11) is 0. The van der Waals surface area contributed by atoms with E-state index < -0.39 is 0 Å². The average Bonchev–Trinajstić information content (AvgIpc) is 2.80. The number of hydrogen-bond acceptors (Lipinski definition) is 4. The molecule has 0 aliphatic heterocycles. The summed E-state index contributed by atoms with van der Waals surface area (Å²) in [5.74, 6) is 0.854. The summed E-state index contributed by atoms with van der Waals surface area (Å²) in [6, 6.07) is 7.94. The highest BCUT2D eigenvalue weighted by Crippen LogP contribution is 2.22. The lowest BCUT2D eigenvalue weighted by Gasteiger charge is -2.04. The first-order valence-corrected chi connectivity index (χ1v) is 5.56. The topological polar surface area (TPSA) is 48.1 Å². The average molecular weight is 220 g/mol. The maximum atomic E-state index is 5.39. The lowest BCUT2D eigenvalue weighted by Crippen LogP contribution is -2.10. The summed E-state index contributed by atoms with van der Waals surface area (Å²) in [5, 5.41) is 2.02. The molecule has 0 atom stereocenters. The zero-order valence-electron chi connectivity index (χ0n) is 8.22. The van der Waals surface area contributed by atoms with Crippen LogP contribution in [-0.4, -0.2) is 17.5 Å². The lowest BCUT2D eigenvalue weighted by molar-refractivity contribution is 0.328. The minimum absolute atomic E-state index is 0.538. The Kier molecular flexibility index (Phi) is 3.32. The van der Waals surface area contributed by atoms with Gasteiger partial charge in [-0.1, -0.05) is 12.1 Å². The van der Waals surface area contributed by atoms with Gasteiger partial charge in [-0.2, -0.15) is 0 Å². The van der Waals surface area contributed by atoms with Gasteiger partial charge in [-0.3, -0.25) is 0 Å². The summed E-state index contributed by atoms with van der Waals surface area (Å²) in [6.45, 7) is 1.09. The second-order valence-corrected chi connectivity index (χ2v) is 3.73. The number of ether oxygens (including phenoxy) is 1. The highest BCUT2D eigenvalue weighted by Gasteiger charge is 1.99. The van der Waals surface area contributed by atoms with Crippen LogP contribution in [0.5, 0.6) is 5.75 Å². The van der Waals surface area contributed by atoms with E-state index in [4.69, 9.17) is 10.5 Å².